The van der Waals surface area contributed by atoms with Gasteiger partial charge in [0.15, 0.2) is 0 Å². The molecule has 2 N–H and O–H groups in total. The smallest absolute Gasteiger partial charge is 0.251 e. The highest BCUT2D eigenvalue weighted by Crippen LogP contribution is 2.31. The summed E-state index contributed by atoms with van der Waals surface area (Å²) in [6.07, 6.45) is 3.75. The lowest BCUT2D eigenvalue weighted by molar-refractivity contribution is -0.116. The molecule has 0 atom stereocenters. The highest BCUT2D eigenvalue weighted by molar-refractivity contribution is 6.31. The van der Waals surface area contributed by atoms with Crippen molar-refractivity contribution in [1.29, 1.82) is 0 Å². The van der Waals surface area contributed by atoms with Crippen LogP contribution in [0.4, 0.5) is 11.4 Å². The van der Waals surface area contributed by atoms with E-state index in [1.807, 2.05) is 37.3 Å². The minimum Gasteiger partial charge on any atom is -0.370 e. The normalized spacial score (nSPS) is 13.9. The van der Waals surface area contributed by atoms with Gasteiger partial charge in [0, 0.05) is 36.6 Å². The van der Waals surface area contributed by atoms with E-state index in [4.69, 9.17) is 11.6 Å². The Hall–Kier alpha value is -2.53. The maximum Gasteiger partial charge on any atom is 0.251 e. The molecule has 6 heteroatoms. The first kappa shape index (κ1) is 20.2. The van der Waals surface area contributed by atoms with E-state index in [9.17, 15) is 9.59 Å². The van der Waals surface area contributed by atoms with E-state index in [-0.39, 0.29) is 24.8 Å². The zero-order chi connectivity index (χ0) is 19.9. The number of nitrogens with zero attached hydrogens (tertiary/aromatic N) is 1. The van der Waals surface area contributed by atoms with Crippen LogP contribution in [0.3, 0.4) is 0 Å². The molecule has 0 bridgehead atoms. The lowest BCUT2D eigenvalue weighted by Crippen LogP contribution is -2.31. The van der Waals surface area contributed by atoms with Gasteiger partial charge in [-0.05, 0) is 56.0 Å². The topological polar surface area (TPSA) is 61.4 Å². The highest BCUT2D eigenvalue weighted by Gasteiger charge is 2.16. The van der Waals surface area contributed by atoms with Crippen molar-refractivity contribution < 1.29 is 9.59 Å². The summed E-state index contributed by atoms with van der Waals surface area (Å²) in [7, 11) is 0. The summed E-state index contributed by atoms with van der Waals surface area (Å²) in [5.74, 6) is -0.312. The number of nitrogens with one attached hydrogen (secondary N) is 2. The molecular weight excluding hydrogens is 374 g/mol. The van der Waals surface area contributed by atoms with Crippen molar-refractivity contribution in [2.45, 2.75) is 32.6 Å². The van der Waals surface area contributed by atoms with Crippen molar-refractivity contribution in [3.8, 4) is 0 Å². The molecule has 0 unspecified atom stereocenters. The van der Waals surface area contributed by atoms with E-state index in [1.54, 1.807) is 12.1 Å². The third-order valence-electron chi connectivity index (χ3n) is 4.96. The Labute approximate surface area is 171 Å². The molecule has 0 spiro atoms. The van der Waals surface area contributed by atoms with Crippen molar-refractivity contribution in [2.24, 2.45) is 0 Å². The van der Waals surface area contributed by atoms with Gasteiger partial charge in [-0.15, -0.1) is 0 Å². The van der Waals surface area contributed by atoms with Gasteiger partial charge in [0.05, 0.1) is 11.4 Å². The molecule has 28 heavy (non-hydrogen) atoms. The summed E-state index contributed by atoms with van der Waals surface area (Å²) in [6, 6.07) is 13.0. The Morgan fingerprint density at radius 2 is 1.82 bits per heavy atom. The number of hydrogen-bond donors (Lipinski definition) is 2. The number of carbonyl (C=O) groups is 2. The van der Waals surface area contributed by atoms with Gasteiger partial charge >= 0.3 is 0 Å². The molecule has 0 aromatic heterocycles. The monoisotopic (exact) mass is 399 g/mol. The molecule has 0 radical (unpaired) electrons. The van der Waals surface area contributed by atoms with Gasteiger partial charge in [0.25, 0.3) is 5.91 Å². The maximum atomic E-state index is 12.4. The molecule has 3 rings (SSSR count). The fourth-order valence-corrected chi connectivity index (χ4v) is 3.62. The Kier molecular flexibility index (Phi) is 6.93. The van der Waals surface area contributed by atoms with E-state index in [0.717, 1.165) is 42.9 Å². The Bertz CT molecular complexity index is 847. The number of amides is 2. The highest BCUT2D eigenvalue weighted by atomic mass is 35.5. The molecular formula is C22H26ClN3O2. The number of piperidine rings is 1. The van der Waals surface area contributed by atoms with Gasteiger partial charge in [-0.2, -0.15) is 0 Å². The van der Waals surface area contributed by atoms with Crippen LogP contribution in [0, 0.1) is 6.92 Å². The van der Waals surface area contributed by atoms with Gasteiger partial charge in [0.2, 0.25) is 5.91 Å². The molecule has 1 fully saturated rings. The van der Waals surface area contributed by atoms with E-state index in [1.165, 1.54) is 6.42 Å². The average molecular weight is 400 g/mol. The number of anilines is 2. The number of aryl methyl sites for hydroxylation is 1. The summed E-state index contributed by atoms with van der Waals surface area (Å²) >= 11 is 6.14. The number of benzene rings is 2. The second kappa shape index (κ2) is 9.60. The second-order valence-corrected chi connectivity index (χ2v) is 7.51. The predicted molar refractivity (Wildman–Crippen MR) is 114 cm³/mol. The molecule has 1 saturated heterocycles. The molecule has 0 saturated carbocycles. The van der Waals surface area contributed by atoms with Crippen LogP contribution >= 0.6 is 11.6 Å². The molecule has 2 amide bonds. The van der Waals surface area contributed by atoms with Crippen LogP contribution in [-0.2, 0) is 4.79 Å². The molecule has 2 aromatic carbocycles. The van der Waals surface area contributed by atoms with Crippen molar-refractivity contribution in [3.05, 3.63) is 58.6 Å². The van der Waals surface area contributed by atoms with Crippen molar-refractivity contribution in [1.82, 2.24) is 5.32 Å². The SMILES string of the molecule is Cc1ccccc1C(=O)NCCC(=O)Nc1cc(Cl)ccc1N1CCCCC1. The Morgan fingerprint density at radius 1 is 1.07 bits per heavy atom. The zero-order valence-electron chi connectivity index (χ0n) is 16.1. The van der Waals surface area contributed by atoms with Crippen molar-refractivity contribution >= 4 is 34.8 Å². The van der Waals surface area contributed by atoms with Crippen LogP contribution in [0.5, 0.6) is 0 Å². The molecule has 0 aliphatic carbocycles. The summed E-state index contributed by atoms with van der Waals surface area (Å²) in [6.45, 7) is 4.13. The average Bonchev–Trinajstić information content (AvgIpc) is 2.69. The number of hydrogen-bond acceptors (Lipinski definition) is 3. The molecule has 148 valence electrons. The molecule has 2 aromatic rings. The third-order valence-corrected chi connectivity index (χ3v) is 5.19. The second-order valence-electron chi connectivity index (χ2n) is 7.08. The van der Waals surface area contributed by atoms with Crippen LogP contribution in [0.1, 0.15) is 41.6 Å². The first-order valence-electron chi connectivity index (χ1n) is 9.73. The van der Waals surface area contributed by atoms with E-state index in [2.05, 4.69) is 15.5 Å². The van der Waals surface area contributed by atoms with E-state index >= 15 is 0 Å². The molecule has 1 aliphatic rings. The minimum absolute atomic E-state index is 0.148. The van der Waals surface area contributed by atoms with Crippen LogP contribution in [0.15, 0.2) is 42.5 Å². The zero-order valence-corrected chi connectivity index (χ0v) is 16.9. The van der Waals surface area contributed by atoms with E-state index in [0.29, 0.717) is 10.6 Å². The standard InChI is InChI=1S/C22H26ClN3O2/c1-16-7-3-4-8-18(16)22(28)24-12-11-21(27)25-19-15-17(23)9-10-20(19)26-13-5-2-6-14-26/h3-4,7-10,15H,2,5-6,11-14H2,1H3,(H,24,28)(H,25,27). The number of carbonyl (C=O) groups excluding carboxylic acids is 2. The fraction of sp³-hybridized carbons (Fsp3) is 0.364. The minimum atomic E-state index is -0.164. The summed E-state index contributed by atoms with van der Waals surface area (Å²) in [5, 5.41) is 6.35. The number of halogens is 1. The molecule has 5 nitrogen and oxygen atoms in total. The van der Waals surface area contributed by atoms with Gasteiger partial charge in [-0.1, -0.05) is 29.8 Å². The lowest BCUT2D eigenvalue weighted by Gasteiger charge is -2.30. The van der Waals surface area contributed by atoms with Gasteiger partial charge in [-0.25, -0.2) is 0 Å². The molecule has 1 aliphatic heterocycles. The van der Waals surface area contributed by atoms with Crippen LogP contribution in [0.25, 0.3) is 0 Å². The summed E-state index contributed by atoms with van der Waals surface area (Å²) in [5.41, 5.74) is 3.27. The molecule has 1 heterocycles. The Balaban J connectivity index is 1.57. The van der Waals surface area contributed by atoms with Crippen LogP contribution in [-0.4, -0.2) is 31.4 Å². The van der Waals surface area contributed by atoms with Gasteiger partial charge in [0.1, 0.15) is 0 Å². The van der Waals surface area contributed by atoms with Crippen molar-refractivity contribution in [3.63, 3.8) is 0 Å². The first-order chi connectivity index (χ1) is 13.5. The largest absolute Gasteiger partial charge is 0.370 e. The quantitative estimate of drug-likeness (QED) is 0.756. The van der Waals surface area contributed by atoms with Gasteiger partial charge < -0.3 is 15.5 Å². The van der Waals surface area contributed by atoms with Crippen LogP contribution < -0.4 is 15.5 Å². The van der Waals surface area contributed by atoms with Crippen molar-refractivity contribution in [2.75, 3.05) is 29.9 Å². The predicted octanol–water partition coefficient (Wildman–Crippen LogP) is 4.40. The maximum absolute atomic E-state index is 12.4. The van der Waals surface area contributed by atoms with Gasteiger partial charge in [-0.3, -0.25) is 9.59 Å². The summed E-state index contributed by atoms with van der Waals surface area (Å²) in [4.78, 5) is 27.0. The Morgan fingerprint density at radius 3 is 2.57 bits per heavy atom. The van der Waals surface area contributed by atoms with E-state index < -0.39 is 0 Å². The first-order valence-corrected chi connectivity index (χ1v) is 10.1. The summed E-state index contributed by atoms with van der Waals surface area (Å²) < 4.78 is 0. The fourth-order valence-electron chi connectivity index (χ4n) is 3.44. The number of rotatable bonds is 6. The lowest BCUT2D eigenvalue weighted by atomic mass is 10.1. The van der Waals surface area contributed by atoms with Crippen LogP contribution in [0.2, 0.25) is 5.02 Å². The third kappa shape index (κ3) is 5.26.